The highest BCUT2D eigenvalue weighted by molar-refractivity contribution is 14.0. The molecular formula is C15H22Cl2IN3O. The Labute approximate surface area is 159 Å². The number of ether oxygens (including phenoxy) is 1. The highest BCUT2D eigenvalue weighted by atomic mass is 127. The molecule has 1 saturated heterocycles. The van der Waals surface area contributed by atoms with Gasteiger partial charge in [-0.1, -0.05) is 43.1 Å². The summed E-state index contributed by atoms with van der Waals surface area (Å²) in [7, 11) is 0. The summed E-state index contributed by atoms with van der Waals surface area (Å²) in [6.07, 6.45) is 0. The van der Waals surface area contributed by atoms with Crippen LogP contribution >= 0.6 is 47.2 Å². The van der Waals surface area contributed by atoms with Crippen molar-refractivity contribution in [1.29, 1.82) is 0 Å². The van der Waals surface area contributed by atoms with E-state index in [0.29, 0.717) is 35.8 Å². The van der Waals surface area contributed by atoms with Crippen molar-refractivity contribution in [3.8, 4) is 0 Å². The van der Waals surface area contributed by atoms with Crippen LogP contribution in [0.5, 0.6) is 0 Å². The second kappa shape index (κ2) is 8.57. The maximum atomic E-state index is 6.09. The predicted octanol–water partition coefficient (Wildman–Crippen LogP) is 3.54. The molecule has 0 radical (unpaired) electrons. The first-order chi connectivity index (χ1) is 9.90. The monoisotopic (exact) mass is 457 g/mol. The first-order valence-electron chi connectivity index (χ1n) is 6.98. The van der Waals surface area contributed by atoms with Gasteiger partial charge < -0.3 is 15.4 Å². The van der Waals surface area contributed by atoms with Gasteiger partial charge in [-0.2, -0.15) is 0 Å². The number of hydrogen-bond acceptors (Lipinski definition) is 2. The molecule has 0 atom stereocenters. The molecule has 0 aromatic heterocycles. The van der Waals surface area contributed by atoms with Crippen LogP contribution in [0.2, 0.25) is 10.0 Å². The molecule has 0 saturated carbocycles. The Hall–Kier alpha value is -0.240. The fraction of sp³-hybridized carbons (Fsp3) is 0.533. The molecule has 124 valence electrons. The van der Waals surface area contributed by atoms with Gasteiger partial charge in [-0.25, -0.2) is 0 Å². The van der Waals surface area contributed by atoms with E-state index in [2.05, 4.69) is 23.7 Å². The summed E-state index contributed by atoms with van der Waals surface area (Å²) in [6.45, 7) is 7.81. The van der Waals surface area contributed by atoms with Gasteiger partial charge in [0.05, 0.1) is 29.8 Å². The largest absolute Gasteiger partial charge is 0.378 e. The Morgan fingerprint density at radius 3 is 2.50 bits per heavy atom. The van der Waals surface area contributed by atoms with Crippen LogP contribution in [0.4, 0.5) is 0 Å². The second-order valence-electron chi connectivity index (χ2n) is 5.79. The Kier molecular flexibility index (Phi) is 7.71. The van der Waals surface area contributed by atoms with Gasteiger partial charge in [-0.05, 0) is 17.7 Å². The van der Waals surface area contributed by atoms with Crippen molar-refractivity contribution in [3.63, 3.8) is 0 Å². The zero-order valence-corrected chi connectivity index (χ0v) is 16.7. The van der Waals surface area contributed by atoms with Crippen molar-refractivity contribution >= 4 is 53.1 Å². The third-order valence-corrected chi connectivity index (χ3v) is 4.41. The minimum absolute atomic E-state index is 0. The molecular weight excluding hydrogens is 436 g/mol. The average Bonchev–Trinajstić information content (AvgIpc) is 2.48. The third kappa shape index (κ3) is 5.15. The normalized spacial score (nSPS) is 16.4. The lowest BCUT2D eigenvalue weighted by atomic mass is 9.85. The minimum Gasteiger partial charge on any atom is -0.378 e. The van der Waals surface area contributed by atoms with E-state index < -0.39 is 0 Å². The quantitative estimate of drug-likeness (QED) is 0.429. The smallest absolute Gasteiger partial charge is 0.191 e. The van der Waals surface area contributed by atoms with E-state index in [1.54, 1.807) is 0 Å². The van der Waals surface area contributed by atoms with Gasteiger partial charge in [0, 0.05) is 18.5 Å². The van der Waals surface area contributed by atoms with Crippen LogP contribution in [-0.4, -0.2) is 43.7 Å². The number of aliphatic imine (C=N–C) groups is 1. The lowest BCUT2D eigenvalue weighted by molar-refractivity contribution is 0.0674. The summed E-state index contributed by atoms with van der Waals surface area (Å²) in [6, 6.07) is 5.69. The highest BCUT2D eigenvalue weighted by Gasteiger charge is 2.22. The molecule has 1 aliphatic rings. The SMILES string of the molecule is CC(C)(CN=C(N)N1CCOCC1)c1ccc(Cl)c(Cl)c1.I. The van der Waals surface area contributed by atoms with Crippen molar-refractivity contribution in [2.24, 2.45) is 10.7 Å². The summed E-state index contributed by atoms with van der Waals surface area (Å²) in [5.74, 6) is 0.575. The molecule has 7 heteroatoms. The third-order valence-electron chi connectivity index (χ3n) is 3.67. The summed E-state index contributed by atoms with van der Waals surface area (Å²) in [5.41, 5.74) is 6.99. The van der Waals surface area contributed by atoms with Crippen molar-refractivity contribution in [1.82, 2.24) is 4.90 Å². The van der Waals surface area contributed by atoms with Gasteiger partial charge in [-0.3, -0.25) is 4.99 Å². The summed E-state index contributed by atoms with van der Waals surface area (Å²) < 4.78 is 5.31. The molecule has 0 unspecified atom stereocenters. The van der Waals surface area contributed by atoms with E-state index in [1.807, 2.05) is 18.2 Å². The maximum absolute atomic E-state index is 6.09. The summed E-state index contributed by atoms with van der Waals surface area (Å²) in [4.78, 5) is 6.59. The van der Waals surface area contributed by atoms with E-state index in [9.17, 15) is 0 Å². The molecule has 1 fully saturated rings. The lowest BCUT2D eigenvalue weighted by Crippen LogP contribution is -2.45. The maximum Gasteiger partial charge on any atom is 0.191 e. The topological polar surface area (TPSA) is 50.8 Å². The Morgan fingerprint density at radius 2 is 1.91 bits per heavy atom. The van der Waals surface area contributed by atoms with E-state index in [-0.39, 0.29) is 29.4 Å². The molecule has 0 amide bonds. The molecule has 22 heavy (non-hydrogen) atoms. The first kappa shape index (κ1) is 19.8. The zero-order chi connectivity index (χ0) is 15.5. The standard InChI is InChI=1S/C15H21Cl2N3O.HI/c1-15(2,11-3-4-12(16)13(17)9-11)10-19-14(18)20-5-7-21-8-6-20;/h3-4,9H,5-8,10H2,1-2H3,(H2,18,19);1H. The number of nitrogens with two attached hydrogens (primary N) is 1. The number of nitrogens with zero attached hydrogens (tertiary/aromatic N) is 2. The van der Waals surface area contributed by atoms with Crippen molar-refractivity contribution in [2.75, 3.05) is 32.8 Å². The van der Waals surface area contributed by atoms with E-state index in [1.165, 1.54) is 0 Å². The number of guanidine groups is 1. The predicted molar refractivity (Wildman–Crippen MR) is 104 cm³/mol. The van der Waals surface area contributed by atoms with Crippen LogP contribution < -0.4 is 5.73 Å². The van der Waals surface area contributed by atoms with Gasteiger partial charge >= 0.3 is 0 Å². The fourth-order valence-corrected chi connectivity index (χ4v) is 2.48. The van der Waals surface area contributed by atoms with Gasteiger partial charge in [0.1, 0.15) is 0 Å². The first-order valence-corrected chi connectivity index (χ1v) is 7.74. The molecule has 0 aliphatic carbocycles. The number of rotatable bonds is 3. The molecule has 2 rings (SSSR count). The summed E-state index contributed by atoms with van der Waals surface area (Å²) >= 11 is 12.1. The van der Waals surface area contributed by atoms with Crippen LogP contribution in [0.1, 0.15) is 19.4 Å². The molecule has 4 nitrogen and oxygen atoms in total. The Morgan fingerprint density at radius 1 is 1.27 bits per heavy atom. The van der Waals surface area contributed by atoms with Crippen molar-refractivity contribution in [3.05, 3.63) is 33.8 Å². The minimum atomic E-state index is -0.162. The number of hydrogen-bond donors (Lipinski definition) is 1. The van der Waals surface area contributed by atoms with Crippen LogP contribution in [0.3, 0.4) is 0 Å². The van der Waals surface area contributed by atoms with Gasteiger partial charge in [-0.15, -0.1) is 24.0 Å². The molecule has 0 bridgehead atoms. The number of benzene rings is 1. The highest BCUT2D eigenvalue weighted by Crippen LogP contribution is 2.30. The second-order valence-corrected chi connectivity index (χ2v) is 6.60. The van der Waals surface area contributed by atoms with Crippen LogP contribution in [0.25, 0.3) is 0 Å². The Balaban J connectivity index is 0.00000242. The number of halogens is 3. The van der Waals surface area contributed by atoms with Crippen LogP contribution in [-0.2, 0) is 10.2 Å². The average molecular weight is 458 g/mol. The van der Waals surface area contributed by atoms with Crippen LogP contribution in [0.15, 0.2) is 23.2 Å². The van der Waals surface area contributed by atoms with Crippen molar-refractivity contribution in [2.45, 2.75) is 19.3 Å². The zero-order valence-electron chi connectivity index (χ0n) is 12.8. The summed E-state index contributed by atoms with van der Waals surface area (Å²) in [5, 5.41) is 1.12. The van der Waals surface area contributed by atoms with Gasteiger partial charge in [0.2, 0.25) is 0 Å². The van der Waals surface area contributed by atoms with E-state index in [0.717, 1.165) is 18.7 Å². The molecule has 0 spiro atoms. The Bertz CT molecular complexity index is 532. The molecule has 1 heterocycles. The van der Waals surface area contributed by atoms with Gasteiger partial charge in [0.15, 0.2) is 5.96 Å². The van der Waals surface area contributed by atoms with Gasteiger partial charge in [0.25, 0.3) is 0 Å². The molecule has 1 aliphatic heterocycles. The van der Waals surface area contributed by atoms with Crippen LogP contribution in [0, 0.1) is 0 Å². The number of morpholine rings is 1. The molecule has 2 N–H and O–H groups in total. The fourth-order valence-electron chi connectivity index (χ4n) is 2.18. The van der Waals surface area contributed by atoms with E-state index >= 15 is 0 Å². The van der Waals surface area contributed by atoms with E-state index in [4.69, 9.17) is 33.7 Å². The molecule has 1 aromatic carbocycles. The van der Waals surface area contributed by atoms with Crippen molar-refractivity contribution < 1.29 is 4.74 Å². The molecule has 1 aromatic rings. The lowest BCUT2D eigenvalue weighted by Gasteiger charge is -2.29.